The highest BCUT2D eigenvalue weighted by molar-refractivity contribution is 7.26. The number of rotatable bonds is 6. The Kier molecular flexibility index (Phi) is 7.72. The van der Waals surface area contributed by atoms with Crippen molar-refractivity contribution in [3.63, 3.8) is 0 Å². The van der Waals surface area contributed by atoms with E-state index in [0.29, 0.717) is 0 Å². The summed E-state index contributed by atoms with van der Waals surface area (Å²) in [5.41, 5.74) is 16.6. The van der Waals surface area contributed by atoms with Crippen LogP contribution in [0.5, 0.6) is 0 Å². The van der Waals surface area contributed by atoms with E-state index in [2.05, 4.69) is 240 Å². The third kappa shape index (κ3) is 4.91. The van der Waals surface area contributed by atoms with Crippen molar-refractivity contribution in [1.82, 2.24) is 0 Å². The van der Waals surface area contributed by atoms with E-state index in [1.807, 2.05) is 11.3 Å². The number of nitrogens with zero attached hydrogens (tertiary/aromatic N) is 2. The molecule has 1 spiro atoms. The van der Waals surface area contributed by atoms with Crippen molar-refractivity contribution in [2.75, 3.05) is 9.80 Å². The number of fused-ring (bicyclic) bond motifs is 14. The molecule has 0 N–H and O–H groups in total. The number of anilines is 6. The van der Waals surface area contributed by atoms with Crippen molar-refractivity contribution >= 4 is 76.4 Å². The molecule has 1 unspecified atom stereocenters. The van der Waals surface area contributed by atoms with Crippen LogP contribution in [0.4, 0.5) is 34.1 Å². The fourth-order valence-corrected chi connectivity index (χ4v) is 11.9. The summed E-state index contributed by atoms with van der Waals surface area (Å²) >= 11 is 1.87. The highest BCUT2D eigenvalue weighted by Crippen LogP contribution is 2.67. The Morgan fingerprint density at radius 2 is 0.871 bits per heavy atom. The maximum atomic E-state index is 2.52. The Labute approximate surface area is 364 Å². The minimum Gasteiger partial charge on any atom is -0.310 e. The van der Waals surface area contributed by atoms with Crippen molar-refractivity contribution < 1.29 is 0 Å². The molecule has 11 aromatic rings. The standard InChI is InChI=1S/C59H38N2S/c1-4-20-40(21-5-1)60(53-32-18-34-55-56(53)48-29-14-17-33-54(48)62-55)43-35-36-47-45-27-12-15-30-50(45)59(52(47)38-43)51-31-16-13-28-46(51)49-37-39-19-10-11-26-44(39)58(57(49)59)61(41-22-6-2-7-23-41)42-24-8-3-9-25-42/h1-38H. The lowest BCUT2D eigenvalue weighted by Crippen LogP contribution is -2.28. The highest BCUT2D eigenvalue weighted by Gasteiger charge is 2.54. The first kappa shape index (κ1) is 35.1. The molecule has 0 amide bonds. The molecule has 0 aliphatic heterocycles. The van der Waals surface area contributed by atoms with E-state index in [1.54, 1.807) is 0 Å². The van der Waals surface area contributed by atoms with Gasteiger partial charge in [-0.05, 0) is 117 Å². The quantitative estimate of drug-likeness (QED) is 0.165. The van der Waals surface area contributed by atoms with Gasteiger partial charge in [0.2, 0.25) is 0 Å². The van der Waals surface area contributed by atoms with Crippen LogP contribution in [0.1, 0.15) is 22.3 Å². The molecule has 0 radical (unpaired) electrons. The van der Waals surface area contributed by atoms with E-state index in [1.165, 1.54) is 86.8 Å². The smallest absolute Gasteiger partial charge is 0.0747 e. The summed E-state index contributed by atoms with van der Waals surface area (Å²) in [5, 5.41) is 5.00. The van der Waals surface area contributed by atoms with Crippen LogP contribution in [0, 0.1) is 0 Å². The van der Waals surface area contributed by atoms with Crippen molar-refractivity contribution in [1.29, 1.82) is 0 Å². The predicted molar refractivity (Wildman–Crippen MR) is 263 cm³/mol. The molecule has 10 aromatic carbocycles. The van der Waals surface area contributed by atoms with Crippen molar-refractivity contribution in [2.24, 2.45) is 0 Å². The summed E-state index contributed by atoms with van der Waals surface area (Å²) in [6.45, 7) is 0. The van der Waals surface area contributed by atoms with Gasteiger partial charge in [-0.2, -0.15) is 0 Å². The van der Waals surface area contributed by atoms with Gasteiger partial charge in [-0.1, -0.05) is 158 Å². The molecule has 1 atom stereocenters. The Bertz CT molecular complexity index is 3500. The third-order valence-corrected chi connectivity index (χ3v) is 14.3. The summed E-state index contributed by atoms with van der Waals surface area (Å²) in [5.74, 6) is 0. The summed E-state index contributed by atoms with van der Waals surface area (Å²) < 4.78 is 2.58. The summed E-state index contributed by atoms with van der Waals surface area (Å²) in [6, 6.07) is 85.4. The van der Waals surface area contributed by atoms with Crippen LogP contribution in [0.2, 0.25) is 0 Å². The first-order valence-electron chi connectivity index (χ1n) is 21.4. The normalized spacial score (nSPS) is 14.5. The minimum atomic E-state index is -0.640. The number of hydrogen-bond donors (Lipinski definition) is 0. The lowest BCUT2D eigenvalue weighted by Gasteiger charge is -2.37. The predicted octanol–water partition coefficient (Wildman–Crippen LogP) is 16.5. The van der Waals surface area contributed by atoms with Crippen LogP contribution in [-0.4, -0.2) is 0 Å². The Hall–Kier alpha value is -7.72. The number of benzene rings is 10. The lowest BCUT2D eigenvalue weighted by molar-refractivity contribution is 0.794. The average molecular weight is 807 g/mol. The summed E-state index contributed by atoms with van der Waals surface area (Å²) in [7, 11) is 0. The first-order valence-corrected chi connectivity index (χ1v) is 22.2. The zero-order chi connectivity index (χ0) is 40.8. The maximum absolute atomic E-state index is 2.52. The van der Waals surface area contributed by atoms with Crippen LogP contribution < -0.4 is 9.80 Å². The molecule has 290 valence electrons. The molecule has 2 aliphatic rings. The van der Waals surface area contributed by atoms with Crippen LogP contribution in [-0.2, 0) is 5.41 Å². The van der Waals surface area contributed by atoms with Gasteiger partial charge < -0.3 is 9.80 Å². The Morgan fingerprint density at radius 1 is 0.339 bits per heavy atom. The van der Waals surface area contributed by atoms with Gasteiger partial charge in [0, 0.05) is 53.9 Å². The molecule has 2 aliphatic carbocycles. The van der Waals surface area contributed by atoms with Gasteiger partial charge in [0.1, 0.15) is 0 Å². The first-order chi connectivity index (χ1) is 30.8. The average Bonchev–Trinajstić information content (AvgIpc) is 3.97. The third-order valence-electron chi connectivity index (χ3n) is 13.2. The van der Waals surface area contributed by atoms with E-state index in [-0.39, 0.29) is 0 Å². The van der Waals surface area contributed by atoms with Gasteiger partial charge in [0.25, 0.3) is 0 Å². The monoisotopic (exact) mass is 806 g/mol. The summed E-state index contributed by atoms with van der Waals surface area (Å²) in [6.07, 6.45) is 0. The lowest BCUT2D eigenvalue weighted by atomic mass is 9.69. The number of para-hydroxylation sites is 3. The largest absolute Gasteiger partial charge is 0.310 e. The zero-order valence-corrected chi connectivity index (χ0v) is 34.6. The molecule has 0 bridgehead atoms. The molecule has 3 heteroatoms. The summed E-state index contributed by atoms with van der Waals surface area (Å²) in [4.78, 5) is 5.00. The highest BCUT2D eigenvalue weighted by atomic mass is 32.1. The molecule has 1 heterocycles. The van der Waals surface area contributed by atoms with E-state index in [0.717, 1.165) is 22.7 Å². The fraction of sp³-hybridized carbons (Fsp3) is 0.0169. The van der Waals surface area contributed by atoms with Crippen LogP contribution in [0.25, 0.3) is 53.2 Å². The van der Waals surface area contributed by atoms with E-state index in [4.69, 9.17) is 0 Å². The topological polar surface area (TPSA) is 6.48 Å². The maximum Gasteiger partial charge on any atom is 0.0747 e. The second-order valence-corrected chi connectivity index (χ2v) is 17.4. The van der Waals surface area contributed by atoms with Crippen molar-refractivity contribution in [3.05, 3.63) is 253 Å². The second kappa shape index (κ2) is 13.7. The van der Waals surface area contributed by atoms with Crippen LogP contribution in [0.3, 0.4) is 0 Å². The van der Waals surface area contributed by atoms with Crippen LogP contribution in [0.15, 0.2) is 231 Å². The van der Waals surface area contributed by atoms with Gasteiger partial charge >= 0.3 is 0 Å². The number of hydrogen-bond acceptors (Lipinski definition) is 3. The Morgan fingerprint density at radius 3 is 1.56 bits per heavy atom. The molecule has 13 rings (SSSR count). The molecular weight excluding hydrogens is 769 g/mol. The van der Waals surface area contributed by atoms with Crippen LogP contribution >= 0.6 is 11.3 Å². The molecule has 1 aromatic heterocycles. The molecule has 2 nitrogen and oxygen atoms in total. The van der Waals surface area contributed by atoms with Gasteiger partial charge in [0.05, 0.1) is 16.8 Å². The molecule has 0 saturated carbocycles. The fourth-order valence-electron chi connectivity index (χ4n) is 10.8. The Balaban J connectivity index is 1.17. The SMILES string of the molecule is c1ccc(N(c2ccccc2)c2c3c(cc4ccccc24)-c2ccccc2C32c3ccccc3-c3ccc(N(c4ccccc4)c4cccc5sc6ccccc6c45)cc32)cc1. The van der Waals surface area contributed by atoms with E-state index < -0.39 is 5.41 Å². The van der Waals surface area contributed by atoms with Crippen molar-refractivity contribution in [3.8, 4) is 22.3 Å². The van der Waals surface area contributed by atoms with E-state index in [9.17, 15) is 0 Å². The van der Waals surface area contributed by atoms with E-state index >= 15 is 0 Å². The number of thiophene rings is 1. The molecule has 0 saturated heterocycles. The van der Waals surface area contributed by atoms with Gasteiger partial charge in [-0.15, -0.1) is 11.3 Å². The second-order valence-electron chi connectivity index (χ2n) is 16.4. The van der Waals surface area contributed by atoms with Gasteiger partial charge in [0.15, 0.2) is 0 Å². The zero-order valence-electron chi connectivity index (χ0n) is 33.7. The van der Waals surface area contributed by atoms with Crippen molar-refractivity contribution in [2.45, 2.75) is 5.41 Å². The van der Waals surface area contributed by atoms with Gasteiger partial charge in [-0.3, -0.25) is 0 Å². The molecule has 0 fully saturated rings. The minimum absolute atomic E-state index is 0.640. The molecule has 62 heavy (non-hydrogen) atoms. The molecular formula is C59H38N2S. The van der Waals surface area contributed by atoms with Gasteiger partial charge in [-0.25, -0.2) is 0 Å².